The van der Waals surface area contributed by atoms with Gasteiger partial charge in [0.05, 0.1) is 28.0 Å². The first-order chi connectivity index (χ1) is 11.0. The van der Waals surface area contributed by atoms with Crippen molar-refractivity contribution in [1.82, 2.24) is 9.78 Å². The molecule has 4 nitrogen and oxygen atoms in total. The molecule has 128 valence electrons. The highest BCUT2D eigenvalue weighted by Crippen LogP contribution is 2.36. The molecule has 8 heteroatoms. The lowest BCUT2D eigenvalue weighted by Crippen LogP contribution is -2.41. The second kappa shape index (κ2) is 5.36. The Kier molecular flexibility index (Phi) is 3.80. The van der Waals surface area contributed by atoms with Crippen LogP contribution < -0.4 is 5.59 Å². The minimum Gasteiger partial charge on any atom is -0.398 e. The summed E-state index contributed by atoms with van der Waals surface area (Å²) in [7, 11) is -0.651. The molecule has 24 heavy (non-hydrogen) atoms. The highest BCUT2D eigenvalue weighted by atomic mass is 19.4. The smallest absolute Gasteiger partial charge is 0.398 e. The van der Waals surface area contributed by atoms with Gasteiger partial charge < -0.3 is 9.31 Å². The highest BCUT2D eigenvalue weighted by molar-refractivity contribution is 6.61. The van der Waals surface area contributed by atoms with Crippen LogP contribution in [0.3, 0.4) is 0 Å². The first-order valence-electron chi connectivity index (χ1n) is 7.58. The van der Waals surface area contributed by atoms with Crippen molar-refractivity contribution in [1.29, 1.82) is 0 Å². The molecule has 0 radical (unpaired) electrons. The van der Waals surface area contributed by atoms with Crippen molar-refractivity contribution in [2.75, 3.05) is 0 Å². The first kappa shape index (κ1) is 17.0. The van der Waals surface area contributed by atoms with E-state index in [4.69, 9.17) is 9.31 Å². The molecular weight excluding hydrogens is 320 g/mol. The van der Waals surface area contributed by atoms with Crippen LogP contribution in [0.2, 0.25) is 0 Å². The molecule has 1 aromatic carbocycles. The molecule has 2 heterocycles. The molecular formula is C16H18BF3N2O2. The Balaban J connectivity index is 1.87. The standard InChI is InChI=1S/C16H18BF3N2O2/c1-14(2)15(3,4)24-17(23-14)13-8-9-22(21-13)12-7-5-6-11(10-12)16(18,19)20/h5-10H,1-4H3. The summed E-state index contributed by atoms with van der Waals surface area (Å²) in [5.41, 5.74) is -0.874. The van der Waals surface area contributed by atoms with Gasteiger partial charge in [0, 0.05) is 6.20 Å². The third kappa shape index (κ3) is 2.96. The zero-order valence-corrected chi connectivity index (χ0v) is 13.9. The van der Waals surface area contributed by atoms with E-state index in [0.717, 1.165) is 12.1 Å². The Labute approximate surface area is 138 Å². The molecule has 3 rings (SSSR count). The summed E-state index contributed by atoms with van der Waals surface area (Å²) in [6.45, 7) is 7.71. The van der Waals surface area contributed by atoms with Gasteiger partial charge in [-0.2, -0.15) is 18.3 Å². The Hall–Kier alpha value is -1.80. The van der Waals surface area contributed by atoms with Crippen LogP contribution in [0.25, 0.3) is 5.69 Å². The number of alkyl halides is 3. The molecule has 0 atom stereocenters. The molecule has 1 fully saturated rings. The van der Waals surface area contributed by atoms with Crippen molar-refractivity contribution >= 4 is 12.7 Å². The van der Waals surface area contributed by atoms with Crippen LogP contribution in [-0.4, -0.2) is 28.1 Å². The quantitative estimate of drug-likeness (QED) is 0.789. The molecule has 0 aliphatic carbocycles. The van der Waals surface area contributed by atoms with E-state index in [1.807, 2.05) is 27.7 Å². The maximum atomic E-state index is 12.8. The second-order valence-corrected chi connectivity index (χ2v) is 6.82. The Morgan fingerprint density at radius 1 is 1.04 bits per heavy atom. The van der Waals surface area contributed by atoms with Crippen LogP contribution in [0.4, 0.5) is 13.2 Å². The van der Waals surface area contributed by atoms with Gasteiger partial charge >= 0.3 is 13.3 Å². The van der Waals surface area contributed by atoms with Crippen LogP contribution in [0.1, 0.15) is 33.3 Å². The second-order valence-electron chi connectivity index (χ2n) is 6.82. The van der Waals surface area contributed by atoms with Crippen molar-refractivity contribution in [2.24, 2.45) is 0 Å². The molecule has 2 aromatic rings. The Morgan fingerprint density at radius 3 is 2.25 bits per heavy atom. The summed E-state index contributed by atoms with van der Waals surface area (Å²) in [5, 5.41) is 4.32. The predicted octanol–water partition coefficient (Wildman–Crippen LogP) is 3.19. The van der Waals surface area contributed by atoms with Gasteiger partial charge in [-0.05, 0) is 52.0 Å². The highest BCUT2D eigenvalue weighted by Gasteiger charge is 2.52. The third-order valence-corrected chi connectivity index (χ3v) is 4.54. The van der Waals surface area contributed by atoms with E-state index in [1.165, 1.54) is 10.7 Å². The number of halogens is 3. The molecule has 1 saturated heterocycles. The number of nitrogens with zero attached hydrogens (tertiary/aromatic N) is 2. The van der Waals surface area contributed by atoms with Gasteiger partial charge in [0.2, 0.25) is 0 Å². The van der Waals surface area contributed by atoms with Gasteiger partial charge in [0.15, 0.2) is 0 Å². The molecule has 1 aromatic heterocycles. The van der Waals surface area contributed by atoms with Crippen LogP contribution in [-0.2, 0) is 15.5 Å². The normalized spacial score (nSPS) is 19.7. The summed E-state index contributed by atoms with van der Waals surface area (Å²) >= 11 is 0. The molecule has 1 aliphatic heterocycles. The SMILES string of the molecule is CC1(C)OB(c2ccn(-c3cccc(C(F)(F)F)c3)n2)OC1(C)C. The van der Waals surface area contributed by atoms with Crippen molar-refractivity contribution < 1.29 is 22.5 Å². The number of aromatic nitrogens is 2. The molecule has 0 amide bonds. The molecule has 0 unspecified atom stereocenters. The Bertz CT molecular complexity index is 740. The maximum Gasteiger partial charge on any atom is 0.516 e. The lowest BCUT2D eigenvalue weighted by atomic mass is 9.85. The summed E-state index contributed by atoms with van der Waals surface area (Å²) in [4.78, 5) is 0. The molecule has 1 aliphatic rings. The van der Waals surface area contributed by atoms with Crippen LogP contribution >= 0.6 is 0 Å². The maximum absolute atomic E-state index is 12.8. The fraction of sp³-hybridized carbons (Fsp3) is 0.438. The van der Waals surface area contributed by atoms with E-state index in [1.54, 1.807) is 18.3 Å². The fourth-order valence-corrected chi connectivity index (χ4v) is 2.40. The van der Waals surface area contributed by atoms with Gasteiger partial charge in [-0.3, -0.25) is 0 Å². The van der Waals surface area contributed by atoms with Crippen molar-refractivity contribution in [2.45, 2.75) is 45.1 Å². The summed E-state index contributed by atoms with van der Waals surface area (Å²) in [6.07, 6.45) is -2.80. The zero-order chi connectivity index (χ0) is 17.8. The monoisotopic (exact) mass is 338 g/mol. The molecule has 0 saturated carbocycles. The topological polar surface area (TPSA) is 36.3 Å². The van der Waals surface area contributed by atoms with E-state index >= 15 is 0 Å². The summed E-state index contributed by atoms with van der Waals surface area (Å²) in [5.74, 6) is 0. The lowest BCUT2D eigenvalue weighted by Gasteiger charge is -2.32. The van der Waals surface area contributed by atoms with Crippen molar-refractivity contribution in [3.63, 3.8) is 0 Å². The lowest BCUT2D eigenvalue weighted by molar-refractivity contribution is -0.137. The van der Waals surface area contributed by atoms with Crippen LogP contribution in [0, 0.1) is 0 Å². The minimum atomic E-state index is -4.39. The summed E-state index contributed by atoms with van der Waals surface area (Å²) < 4.78 is 51.7. The van der Waals surface area contributed by atoms with Gasteiger partial charge in [0.25, 0.3) is 0 Å². The molecule has 0 spiro atoms. The number of hydrogen-bond acceptors (Lipinski definition) is 3. The zero-order valence-electron chi connectivity index (χ0n) is 13.9. The minimum absolute atomic E-state index is 0.326. The van der Waals surface area contributed by atoms with Crippen molar-refractivity contribution in [3.05, 3.63) is 42.1 Å². The van der Waals surface area contributed by atoms with Crippen molar-refractivity contribution in [3.8, 4) is 5.69 Å². The van der Waals surface area contributed by atoms with E-state index < -0.39 is 30.1 Å². The van der Waals surface area contributed by atoms with Gasteiger partial charge in [-0.15, -0.1) is 0 Å². The number of rotatable bonds is 2. The molecule has 0 N–H and O–H groups in total. The largest absolute Gasteiger partial charge is 0.516 e. The first-order valence-corrected chi connectivity index (χ1v) is 7.58. The number of benzene rings is 1. The third-order valence-electron chi connectivity index (χ3n) is 4.54. The summed E-state index contributed by atoms with van der Waals surface area (Å²) in [6, 6.07) is 6.69. The van der Waals surface area contributed by atoms with Crippen LogP contribution in [0.5, 0.6) is 0 Å². The van der Waals surface area contributed by atoms with Gasteiger partial charge in [-0.1, -0.05) is 6.07 Å². The average molecular weight is 338 g/mol. The number of hydrogen-bond donors (Lipinski definition) is 0. The Morgan fingerprint density at radius 2 is 1.67 bits per heavy atom. The predicted molar refractivity (Wildman–Crippen MR) is 84.3 cm³/mol. The van der Waals surface area contributed by atoms with E-state index in [9.17, 15) is 13.2 Å². The van der Waals surface area contributed by atoms with Gasteiger partial charge in [0.1, 0.15) is 0 Å². The average Bonchev–Trinajstić information content (AvgIpc) is 3.02. The molecule has 0 bridgehead atoms. The van der Waals surface area contributed by atoms with E-state index in [-0.39, 0.29) is 0 Å². The van der Waals surface area contributed by atoms with E-state index in [2.05, 4.69) is 5.10 Å². The van der Waals surface area contributed by atoms with E-state index in [0.29, 0.717) is 11.3 Å². The van der Waals surface area contributed by atoms with Crippen LogP contribution in [0.15, 0.2) is 36.5 Å². The fourth-order valence-electron chi connectivity index (χ4n) is 2.40. The van der Waals surface area contributed by atoms with Gasteiger partial charge in [-0.25, -0.2) is 4.68 Å².